The Balaban J connectivity index is 1.88. The van der Waals surface area contributed by atoms with Crippen LogP contribution in [0.2, 0.25) is 0 Å². The number of hydrogen-bond acceptors (Lipinski definition) is 1. The maximum atomic E-state index is 3.38. The Morgan fingerprint density at radius 1 is 1.83 bits per heavy atom. The molecule has 0 spiro atoms. The number of rotatable bonds is 2. The first kappa shape index (κ1) is 4.98. The Labute approximate surface area is 50.8 Å². The molecule has 0 radical (unpaired) electrons. The van der Waals surface area contributed by atoms with Crippen LogP contribution in [0.25, 0.3) is 0 Å². The van der Waals surface area contributed by atoms with Crippen LogP contribution in [0, 0.1) is 0 Å². The highest BCUT2D eigenvalue weighted by Gasteiger charge is 2.20. The van der Waals surface area contributed by atoms with Crippen LogP contribution in [0.4, 0.5) is 0 Å². The van der Waals surface area contributed by atoms with Gasteiger partial charge in [-0.3, -0.25) is 0 Å². The van der Waals surface area contributed by atoms with E-state index in [0.717, 1.165) is 5.25 Å². The van der Waals surface area contributed by atoms with Gasteiger partial charge in [-0.05, 0) is 6.42 Å². The van der Waals surface area contributed by atoms with Crippen molar-refractivity contribution in [2.75, 3.05) is 11.1 Å². The standard InChI is InChI=1S/C4H7BrS/c5-2-1-4-3-6-4/h4H,1-3H2. The first-order valence-corrected chi connectivity index (χ1v) is 4.28. The molecule has 0 bridgehead atoms. The maximum Gasteiger partial charge on any atom is 0.0146 e. The molecule has 0 N–H and O–H groups in total. The van der Waals surface area contributed by atoms with Crippen LogP contribution in [-0.2, 0) is 0 Å². The van der Waals surface area contributed by atoms with Gasteiger partial charge >= 0.3 is 0 Å². The van der Waals surface area contributed by atoms with Gasteiger partial charge in [0.2, 0.25) is 0 Å². The zero-order valence-electron chi connectivity index (χ0n) is 3.48. The van der Waals surface area contributed by atoms with E-state index in [2.05, 4.69) is 27.7 Å². The fraction of sp³-hybridized carbons (Fsp3) is 1.00. The molecule has 1 atom stereocenters. The van der Waals surface area contributed by atoms with Gasteiger partial charge in [0, 0.05) is 16.3 Å². The average molecular weight is 167 g/mol. The lowest BCUT2D eigenvalue weighted by Gasteiger charge is -1.79. The van der Waals surface area contributed by atoms with Gasteiger partial charge in [-0.25, -0.2) is 0 Å². The van der Waals surface area contributed by atoms with Crippen LogP contribution in [0.15, 0.2) is 0 Å². The van der Waals surface area contributed by atoms with Crippen LogP contribution in [0.5, 0.6) is 0 Å². The van der Waals surface area contributed by atoms with Crippen molar-refractivity contribution < 1.29 is 0 Å². The Kier molecular flexibility index (Phi) is 1.84. The predicted octanol–water partition coefficient (Wildman–Crippen LogP) is 1.89. The molecule has 0 aromatic rings. The summed E-state index contributed by atoms with van der Waals surface area (Å²) in [7, 11) is 0. The van der Waals surface area contributed by atoms with Crippen molar-refractivity contribution in [1.29, 1.82) is 0 Å². The van der Waals surface area contributed by atoms with E-state index < -0.39 is 0 Å². The van der Waals surface area contributed by atoms with Crippen molar-refractivity contribution in [2.45, 2.75) is 11.7 Å². The summed E-state index contributed by atoms with van der Waals surface area (Å²) in [6.45, 7) is 0. The van der Waals surface area contributed by atoms with E-state index in [-0.39, 0.29) is 0 Å². The topological polar surface area (TPSA) is 0 Å². The molecule has 0 aromatic carbocycles. The first-order valence-electron chi connectivity index (χ1n) is 2.11. The molecule has 0 nitrogen and oxygen atoms in total. The molecular weight excluding hydrogens is 160 g/mol. The predicted molar refractivity (Wildman–Crippen MR) is 34.7 cm³/mol. The molecule has 1 saturated heterocycles. The minimum atomic E-state index is 1.02. The molecule has 1 fully saturated rings. The Hall–Kier alpha value is 0.830. The molecule has 2 heteroatoms. The third-order valence-electron chi connectivity index (χ3n) is 0.833. The van der Waals surface area contributed by atoms with Gasteiger partial charge in [0.15, 0.2) is 0 Å². The zero-order chi connectivity index (χ0) is 4.41. The second-order valence-corrected chi connectivity index (χ2v) is 3.56. The third kappa shape index (κ3) is 1.52. The van der Waals surface area contributed by atoms with Crippen LogP contribution in [-0.4, -0.2) is 16.3 Å². The van der Waals surface area contributed by atoms with Gasteiger partial charge in [0.1, 0.15) is 0 Å². The maximum absolute atomic E-state index is 3.38. The molecule has 1 unspecified atom stereocenters. The van der Waals surface area contributed by atoms with E-state index in [4.69, 9.17) is 0 Å². The second kappa shape index (κ2) is 2.22. The highest BCUT2D eigenvalue weighted by Crippen LogP contribution is 2.33. The molecule has 6 heavy (non-hydrogen) atoms. The zero-order valence-corrected chi connectivity index (χ0v) is 5.89. The highest BCUT2D eigenvalue weighted by atomic mass is 79.9. The summed E-state index contributed by atoms with van der Waals surface area (Å²) >= 11 is 5.44. The van der Waals surface area contributed by atoms with Crippen molar-refractivity contribution in [3.8, 4) is 0 Å². The third-order valence-corrected chi connectivity index (χ3v) is 2.33. The molecule has 36 valence electrons. The van der Waals surface area contributed by atoms with Gasteiger partial charge in [-0.1, -0.05) is 15.9 Å². The molecule has 1 heterocycles. The van der Waals surface area contributed by atoms with Gasteiger partial charge in [-0.15, -0.1) is 0 Å². The van der Waals surface area contributed by atoms with Gasteiger partial charge in [0.05, 0.1) is 0 Å². The Morgan fingerprint density at radius 3 is 2.67 bits per heavy atom. The number of hydrogen-bond donors (Lipinski definition) is 0. The van der Waals surface area contributed by atoms with Crippen LogP contribution >= 0.6 is 27.7 Å². The molecule has 1 aliphatic rings. The van der Waals surface area contributed by atoms with Gasteiger partial charge < -0.3 is 0 Å². The number of alkyl halides is 1. The van der Waals surface area contributed by atoms with E-state index in [1.165, 1.54) is 17.5 Å². The van der Waals surface area contributed by atoms with Gasteiger partial charge in [0.25, 0.3) is 0 Å². The summed E-state index contributed by atoms with van der Waals surface area (Å²) in [6, 6.07) is 0. The summed E-state index contributed by atoms with van der Waals surface area (Å²) in [5.41, 5.74) is 0. The molecule has 1 rings (SSSR count). The molecule has 0 saturated carbocycles. The minimum Gasteiger partial charge on any atom is -0.157 e. The van der Waals surface area contributed by atoms with E-state index in [1.807, 2.05) is 0 Å². The van der Waals surface area contributed by atoms with E-state index in [0.29, 0.717) is 0 Å². The summed E-state index contributed by atoms with van der Waals surface area (Å²) < 4.78 is 0. The van der Waals surface area contributed by atoms with E-state index >= 15 is 0 Å². The van der Waals surface area contributed by atoms with Crippen molar-refractivity contribution in [3.05, 3.63) is 0 Å². The van der Waals surface area contributed by atoms with Crippen molar-refractivity contribution in [2.24, 2.45) is 0 Å². The second-order valence-electron chi connectivity index (χ2n) is 1.43. The average Bonchev–Trinajstić information content (AvgIpc) is 2.21. The monoisotopic (exact) mass is 166 g/mol. The lowest BCUT2D eigenvalue weighted by molar-refractivity contribution is 1.00. The van der Waals surface area contributed by atoms with Crippen LogP contribution < -0.4 is 0 Å². The Morgan fingerprint density at radius 2 is 2.50 bits per heavy atom. The number of thioether (sulfide) groups is 1. The molecular formula is C4H7BrS. The van der Waals surface area contributed by atoms with Crippen molar-refractivity contribution in [3.63, 3.8) is 0 Å². The fourth-order valence-electron chi connectivity index (χ4n) is 0.356. The summed E-state index contributed by atoms with van der Waals surface area (Å²) in [6.07, 6.45) is 1.37. The summed E-state index contributed by atoms with van der Waals surface area (Å²) in [4.78, 5) is 0. The Bertz CT molecular complexity index is 42.8. The molecule has 0 amide bonds. The molecule has 0 aromatic heterocycles. The normalized spacial score (nSPS) is 30.5. The molecule has 0 aliphatic carbocycles. The van der Waals surface area contributed by atoms with Crippen molar-refractivity contribution >= 4 is 27.7 Å². The largest absolute Gasteiger partial charge is 0.157 e. The summed E-state index contributed by atoms with van der Waals surface area (Å²) in [5, 5.41) is 2.20. The van der Waals surface area contributed by atoms with E-state index in [9.17, 15) is 0 Å². The number of halogens is 1. The van der Waals surface area contributed by atoms with Crippen LogP contribution in [0.3, 0.4) is 0 Å². The summed E-state index contributed by atoms with van der Waals surface area (Å²) in [5.74, 6) is 1.41. The highest BCUT2D eigenvalue weighted by molar-refractivity contribution is 9.09. The minimum absolute atomic E-state index is 1.02. The van der Waals surface area contributed by atoms with Gasteiger partial charge in [-0.2, -0.15) is 11.8 Å². The first-order chi connectivity index (χ1) is 2.93. The fourth-order valence-corrected chi connectivity index (χ4v) is 1.80. The quantitative estimate of drug-likeness (QED) is 0.447. The lowest BCUT2D eigenvalue weighted by Crippen LogP contribution is -1.80. The molecule has 1 aliphatic heterocycles. The SMILES string of the molecule is BrCCC1CS1. The van der Waals surface area contributed by atoms with E-state index in [1.54, 1.807) is 0 Å². The lowest BCUT2D eigenvalue weighted by atomic mass is 10.4. The van der Waals surface area contributed by atoms with Crippen molar-refractivity contribution in [1.82, 2.24) is 0 Å². The smallest absolute Gasteiger partial charge is 0.0146 e. The van der Waals surface area contributed by atoms with Crippen LogP contribution in [0.1, 0.15) is 6.42 Å².